The van der Waals surface area contributed by atoms with E-state index in [4.69, 9.17) is 4.74 Å². The molecule has 0 unspecified atom stereocenters. The zero-order valence-electron chi connectivity index (χ0n) is 9.49. The minimum Gasteiger partial charge on any atom is -0.493 e. The molecular formula is C12H17NO2. The lowest BCUT2D eigenvalue weighted by atomic mass is 10.2. The monoisotopic (exact) mass is 207 g/mol. The largest absolute Gasteiger partial charge is 0.493 e. The third kappa shape index (κ3) is 2.98. The van der Waals surface area contributed by atoms with Gasteiger partial charge in [-0.1, -0.05) is 19.1 Å². The van der Waals surface area contributed by atoms with Gasteiger partial charge in [0.05, 0.1) is 12.2 Å². The van der Waals surface area contributed by atoms with Crippen LogP contribution in [0.1, 0.15) is 23.7 Å². The van der Waals surface area contributed by atoms with Crippen molar-refractivity contribution < 1.29 is 9.53 Å². The van der Waals surface area contributed by atoms with Gasteiger partial charge in [0.2, 0.25) is 0 Å². The normalized spacial score (nSPS) is 9.80. The first-order valence-electron chi connectivity index (χ1n) is 5.10. The van der Waals surface area contributed by atoms with E-state index in [9.17, 15) is 4.79 Å². The molecule has 82 valence electrons. The van der Waals surface area contributed by atoms with E-state index in [1.165, 1.54) is 0 Å². The standard InChI is InChI=1S/C12H17NO2/c1-4-9-15-11-8-6-5-7-10(11)12(14)13(2)3/h5-8H,4,9H2,1-3H3. The van der Waals surface area contributed by atoms with Crippen molar-refractivity contribution in [2.45, 2.75) is 13.3 Å². The Hall–Kier alpha value is -1.51. The maximum absolute atomic E-state index is 11.8. The number of ether oxygens (including phenoxy) is 1. The van der Waals surface area contributed by atoms with Gasteiger partial charge in [-0.15, -0.1) is 0 Å². The van der Waals surface area contributed by atoms with E-state index in [0.717, 1.165) is 6.42 Å². The Bertz CT molecular complexity index is 334. The van der Waals surface area contributed by atoms with Crippen molar-refractivity contribution in [2.75, 3.05) is 20.7 Å². The minimum absolute atomic E-state index is 0.0262. The fourth-order valence-electron chi connectivity index (χ4n) is 1.22. The molecule has 0 aromatic heterocycles. The van der Waals surface area contributed by atoms with Crippen molar-refractivity contribution >= 4 is 5.91 Å². The SMILES string of the molecule is CCCOc1ccccc1C(=O)N(C)C. The first kappa shape index (κ1) is 11.6. The van der Waals surface area contributed by atoms with Crippen LogP contribution in [0, 0.1) is 0 Å². The number of carbonyl (C=O) groups excluding carboxylic acids is 1. The predicted octanol–water partition coefficient (Wildman–Crippen LogP) is 2.18. The molecule has 15 heavy (non-hydrogen) atoms. The number of para-hydroxylation sites is 1. The Labute approximate surface area is 90.7 Å². The summed E-state index contributed by atoms with van der Waals surface area (Å²) in [6.07, 6.45) is 0.935. The molecule has 0 atom stereocenters. The van der Waals surface area contributed by atoms with Crippen LogP contribution < -0.4 is 4.74 Å². The number of nitrogens with zero attached hydrogens (tertiary/aromatic N) is 1. The summed E-state index contributed by atoms with van der Waals surface area (Å²) in [5.74, 6) is 0.639. The van der Waals surface area contributed by atoms with Gasteiger partial charge in [-0.25, -0.2) is 0 Å². The van der Waals surface area contributed by atoms with Crippen LogP contribution in [0.5, 0.6) is 5.75 Å². The summed E-state index contributed by atoms with van der Waals surface area (Å²) in [6.45, 7) is 2.67. The van der Waals surface area contributed by atoms with Crippen molar-refractivity contribution in [3.05, 3.63) is 29.8 Å². The van der Waals surface area contributed by atoms with Crippen LogP contribution in [0.2, 0.25) is 0 Å². The quantitative estimate of drug-likeness (QED) is 0.757. The highest BCUT2D eigenvalue weighted by Crippen LogP contribution is 2.19. The van der Waals surface area contributed by atoms with E-state index in [0.29, 0.717) is 17.9 Å². The third-order valence-corrected chi connectivity index (χ3v) is 1.99. The second-order valence-electron chi connectivity index (χ2n) is 3.54. The molecule has 0 heterocycles. The zero-order chi connectivity index (χ0) is 11.3. The minimum atomic E-state index is -0.0262. The smallest absolute Gasteiger partial charge is 0.257 e. The van der Waals surface area contributed by atoms with E-state index in [1.54, 1.807) is 25.1 Å². The van der Waals surface area contributed by atoms with Gasteiger partial charge in [-0.2, -0.15) is 0 Å². The predicted molar refractivity (Wildman–Crippen MR) is 60.2 cm³/mol. The summed E-state index contributed by atoms with van der Waals surface area (Å²) < 4.78 is 5.51. The topological polar surface area (TPSA) is 29.5 Å². The van der Waals surface area contributed by atoms with Crippen LogP contribution in [-0.4, -0.2) is 31.5 Å². The van der Waals surface area contributed by atoms with E-state index in [-0.39, 0.29) is 5.91 Å². The van der Waals surface area contributed by atoms with Crippen LogP contribution in [0.25, 0.3) is 0 Å². The fourth-order valence-corrected chi connectivity index (χ4v) is 1.22. The van der Waals surface area contributed by atoms with Crippen LogP contribution >= 0.6 is 0 Å². The lowest BCUT2D eigenvalue weighted by Crippen LogP contribution is -2.22. The summed E-state index contributed by atoms with van der Waals surface area (Å²) in [6, 6.07) is 7.33. The Morgan fingerprint density at radius 2 is 2.00 bits per heavy atom. The molecule has 1 amide bonds. The molecule has 0 fully saturated rings. The van der Waals surface area contributed by atoms with Crippen molar-refractivity contribution in [1.82, 2.24) is 4.90 Å². The first-order valence-corrected chi connectivity index (χ1v) is 5.10. The molecule has 1 aromatic carbocycles. The second-order valence-corrected chi connectivity index (χ2v) is 3.54. The number of hydrogen-bond donors (Lipinski definition) is 0. The Morgan fingerprint density at radius 3 is 2.60 bits per heavy atom. The highest BCUT2D eigenvalue weighted by molar-refractivity contribution is 5.96. The van der Waals surface area contributed by atoms with E-state index in [1.807, 2.05) is 25.1 Å². The molecule has 0 radical (unpaired) electrons. The van der Waals surface area contributed by atoms with Crippen LogP contribution in [-0.2, 0) is 0 Å². The molecular weight excluding hydrogens is 190 g/mol. The molecule has 0 aliphatic heterocycles. The average molecular weight is 207 g/mol. The van der Waals surface area contributed by atoms with Gasteiger partial charge in [0.25, 0.3) is 5.91 Å². The Balaban J connectivity index is 2.90. The molecule has 3 nitrogen and oxygen atoms in total. The summed E-state index contributed by atoms with van der Waals surface area (Å²) in [4.78, 5) is 13.3. The molecule has 0 spiro atoms. The maximum Gasteiger partial charge on any atom is 0.257 e. The molecule has 0 saturated carbocycles. The van der Waals surface area contributed by atoms with Gasteiger partial charge in [0, 0.05) is 14.1 Å². The first-order chi connectivity index (χ1) is 7.16. The molecule has 0 bridgehead atoms. The van der Waals surface area contributed by atoms with Gasteiger partial charge < -0.3 is 9.64 Å². The van der Waals surface area contributed by atoms with Crippen molar-refractivity contribution in [3.63, 3.8) is 0 Å². The van der Waals surface area contributed by atoms with Crippen molar-refractivity contribution in [1.29, 1.82) is 0 Å². The number of benzene rings is 1. The highest BCUT2D eigenvalue weighted by atomic mass is 16.5. The van der Waals surface area contributed by atoms with Crippen LogP contribution in [0.15, 0.2) is 24.3 Å². The van der Waals surface area contributed by atoms with E-state index < -0.39 is 0 Å². The third-order valence-electron chi connectivity index (χ3n) is 1.99. The van der Waals surface area contributed by atoms with Gasteiger partial charge in [-0.3, -0.25) is 4.79 Å². The number of carbonyl (C=O) groups is 1. The highest BCUT2D eigenvalue weighted by Gasteiger charge is 2.13. The van der Waals surface area contributed by atoms with Crippen LogP contribution in [0.4, 0.5) is 0 Å². The Kier molecular flexibility index (Phi) is 4.16. The molecule has 3 heteroatoms. The fraction of sp³-hybridized carbons (Fsp3) is 0.417. The van der Waals surface area contributed by atoms with Gasteiger partial charge in [-0.05, 0) is 18.6 Å². The van der Waals surface area contributed by atoms with E-state index in [2.05, 4.69) is 0 Å². The molecule has 1 aromatic rings. The van der Waals surface area contributed by atoms with Gasteiger partial charge in [0.1, 0.15) is 5.75 Å². The van der Waals surface area contributed by atoms with Crippen LogP contribution in [0.3, 0.4) is 0 Å². The van der Waals surface area contributed by atoms with Gasteiger partial charge >= 0.3 is 0 Å². The molecule has 0 N–H and O–H groups in total. The lowest BCUT2D eigenvalue weighted by Gasteiger charge is -2.14. The van der Waals surface area contributed by atoms with Gasteiger partial charge in [0.15, 0.2) is 0 Å². The number of hydrogen-bond acceptors (Lipinski definition) is 2. The Morgan fingerprint density at radius 1 is 1.33 bits per heavy atom. The molecule has 0 aliphatic rings. The molecule has 0 aliphatic carbocycles. The zero-order valence-corrected chi connectivity index (χ0v) is 9.49. The number of amides is 1. The summed E-state index contributed by atoms with van der Waals surface area (Å²) in [5.41, 5.74) is 0.621. The summed E-state index contributed by atoms with van der Waals surface area (Å²) in [7, 11) is 3.47. The van der Waals surface area contributed by atoms with Crippen molar-refractivity contribution in [2.24, 2.45) is 0 Å². The summed E-state index contributed by atoms with van der Waals surface area (Å²) >= 11 is 0. The maximum atomic E-state index is 11.8. The molecule has 0 saturated heterocycles. The second kappa shape index (κ2) is 5.39. The number of rotatable bonds is 4. The summed E-state index contributed by atoms with van der Waals surface area (Å²) in [5, 5.41) is 0. The van der Waals surface area contributed by atoms with E-state index >= 15 is 0 Å². The van der Waals surface area contributed by atoms with Crippen molar-refractivity contribution in [3.8, 4) is 5.75 Å². The molecule has 1 rings (SSSR count). The average Bonchev–Trinajstić information content (AvgIpc) is 2.25. The lowest BCUT2D eigenvalue weighted by molar-refractivity contribution is 0.0823.